The molecule has 2 aliphatic heterocycles. The average Bonchev–Trinajstić information content (AvgIpc) is 2.92. The molecule has 2 heterocycles. The summed E-state index contributed by atoms with van der Waals surface area (Å²) in [5.41, 5.74) is 0. The molecule has 174 valence electrons. The van der Waals surface area contributed by atoms with Crippen molar-refractivity contribution in [2.24, 2.45) is 0 Å². The van der Waals surface area contributed by atoms with Crippen LogP contribution in [0.15, 0.2) is 0 Å². The normalized spacial score (nSPS) is 41.7. The number of esters is 2. The van der Waals surface area contributed by atoms with E-state index in [1.54, 1.807) is 0 Å². The molecule has 14 heteroatoms. The highest BCUT2D eigenvalue weighted by molar-refractivity contribution is 6.21. The van der Waals surface area contributed by atoms with Crippen molar-refractivity contribution in [1.82, 2.24) is 0 Å². The van der Waals surface area contributed by atoms with Gasteiger partial charge in [-0.05, 0) is 0 Å². The number of hydrogen-bond donors (Lipinski definition) is 6. The zero-order valence-electron chi connectivity index (χ0n) is 16.0. The van der Waals surface area contributed by atoms with Crippen molar-refractivity contribution in [3.05, 3.63) is 0 Å². The van der Waals surface area contributed by atoms with Gasteiger partial charge in [-0.2, -0.15) is 0 Å². The third kappa shape index (κ3) is 5.02. The molecule has 0 radical (unpaired) electrons. The van der Waals surface area contributed by atoms with E-state index in [1.165, 1.54) is 0 Å². The lowest BCUT2D eigenvalue weighted by Crippen LogP contribution is -2.63. The molecule has 2 aliphatic rings. The number of rotatable bonds is 7. The number of halogens is 1. The first-order valence-corrected chi connectivity index (χ1v) is 9.34. The Balaban J connectivity index is 2.28. The summed E-state index contributed by atoms with van der Waals surface area (Å²) in [7, 11) is 0. The maximum atomic E-state index is 11.3. The van der Waals surface area contributed by atoms with E-state index < -0.39 is 85.5 Å². The molecule has 0 bridgehead atoms. The van der Waals surface area contributed by atoms with E-state index in [0.29, 0.717) is 0 Å². The topological polar surface area (TPSA) is 202 Å². The fraction of sp³-hybridized carbons (Fsp3) is 0.875. The third-order valence-electron chi connectivity index (χ3n) is 4.61. The Hall–Kier alpha value is -1.13. The van der Waals surface area contributed by atoms with E-state index in [1.807, 2.05) is 0 Å². The maximum Gasteiger partial charge on any atom is 0.305 e. The molecule has 2 saturated heterocycles. The Labute approximate surface area is 175 Å². The summed E-state index contributed by atoms with van der Waals surface area (Å²) in [6, 6.07) is 0. The van der Waals surface area contributed by atoms with Gasteiger partial charge < -0.3 is 54.3 Å². The van der Waals surface area contributed by atoms with Gasteiger partial charge in [0.05, 0.1) is 12.0 Å². The predicted octanol–water partition coefficient (Wildman–Crippen LogP) is -3.69. The quantitative estimate of drug-likeness (QED) is 0.123. The van der Waals surface area contributed by atoms with E-state index in [0.717, 1.165) is 13.8 Å². The van der Waals surface area contributed by atoms with E-state index in [4.69, 9.17) is 35.3 Å². The summed E-state index contributed by atoms with van der Waals surface area (Å²) in [6.45, 7) is 0.257. The van der Waals surface area contributed by atoms with Crippen LogP contribution in [0.2, 0.25) is 0 Å². The summed E-state index contributed by atoms with van der Waals surface area (Å²) in [5.74, 6) is -4.09. The first kappa shape index (κ1) is 25.1. The van der Waals surface area contributed by atoms with Gasteiger partial charge in [-0.3, -0.25) is 9.59 Å². The van der Waals surface area contributed by atoms with Crippen LogP contribution in [0.5, 0.6) is 0 Å². The summed E-state index contributed by atoms with van der Waals surface area (Å²) in [5, 5.41) is 58.2. The van der Waals surface area contributed by atoms with Gasteiger partial charge in [-0.25, -0.2) is 0 Å². The van der Waals surface area contributed by atoms with Crippen molar-refractivity contribution in [2.75, 3.05) is 13.2 Å². The smallest absolute Gasteiger partial charge is 0.305 e. The Morgan fingerprint density at radius 2 is 1.60 bits per heavy atom. The van der Waals surface area contributed by atoms with Gasteiger partial charge >= 0.3 is 11.9 Å². The van der Waals surface area contributed by atoms with Crippen molar-refractivity contribution >= 4 is 23.5 Å². The fourth-order valence-electron chi connectivity index (χ4n) is 3.12. The van der Waals surface area contributed by atoms with Gasteiger partial charge in [0.1, 0.15) is 37.1 Å². The van der Waals surface area contributed by atoms with Crippen LogP contribution in [0.1, 0.15) is 13.8 Å². The number of aliphatic hydroxyl groups is 6. The first-order valence-electron chi connectivity index (χ1n) is 8.91. The van der Waals surface area contributed by atoms with Crippen LogP contribution in [-0.4, -0.2) is 116 Å². The monoisotopic (exact) mass is 460 g/mol. The predicted molar refractivity (Wildman–Crippen MR) is 92.5 cm³/mol. The molecule has 9 atom stereocenters. The number of carbonyl (C=O) groups excluding carboxylic acids is 2. The number of alkyl halides is 1. The molecule has 6 N–H and O–H groups in total. The van der Waals surface area contributed by atoms with Gasteiger partial charge in [-0.1, -0.05) is 0 Å². The van der Waals surface area contributed by atoms with Crippen molar-refractivity contribution in [2.45, 2.75) is 74.2 Å². The van der Waals surface area contributed by atoms with Crippen LogP contribution in [-0.2, 0) is 33.3 Å². The molecular formula is C16H25ClO13. The maximum absolute atomic E-state index is 11.3. The lowest BCUT2D eigenvalue weighted by molar-refractivity contribution is -0.381. The van der Waals surface area contributed by atoms with Crippen molar-refractivity contribution in [1.29, 1.82) is 0 Å². The minimum atomic E-state index is -2.35. The van der Waals surface area contributed by atoms with Gasteiger partial charge in [0, 0.05) is 13.8 Å². The van der Waals surface area contributed by atoms with Crippen LogP contribution in [0.3, 0.4) is 0 Å². The summed E-state index contributed by atoms with van der Waals surface area (Å²) in [6.07, 6.45) is -13.6. The summed E-state index contributed by atoms with van der Waals surface area (Å²) >= 11 is 6.06. The summed E-state index contributed by atoms with van der Waals surface area (Å²) < 4.78 is 25.7. The van der Waals surface area contributed by atoms with Crippen LogP contribution in [0, 0.1) is 0 Å². The number of ether oxygens (including phenoxy) is 5. The lowest BCUT2D eigenvalue weighted by Gasteiger charge is -2.44. The standard InChI is InChI=1S/C16H25ClO13/c1-5(20)26-15(27-6(2)21)12-8(17)10(23)11(24)14(28-12)30-16(4-19)13(25)9(22)7(3-18)29-16/h7-15,18-19,22-25H,3-4H2,1-2H3/t7-,8-,9-,10+,11-,12+,13+,14-,16-/m1/s1. The third-order valence-corrected chi connectivity index (χ3v) is 5.12. The Bertz CT molecular complexity index is 604. The molecule has 2 rings (SSSR count). The molecule has 0 unspecified atom stereocenters. The van der Waals surface area contributed by atoms with Crippen LogP contribution in [0.25, 0.3) is 0 Å². The molecule has 0 aromatic rings. The zero-order chi connectivity index (χ0) is 22.8. The number of hydrogen-bond acceptors (Lipinski definition) is 13. The van der Waals surface area contributed by atoms with Gasteiger partial charge in [0.15, 0.2) is 12.4 Å². The second-order valence-electron chi connectivity index (χ2n) is 6.84. The second kappa shape index (κ2) is 9.99. The summed E-state index contributed by atoms with van der Waals surface area (Å²) in [4.78, 5) is 22.7. The molecule has 2 fully saturated rings. The Kier molecular flexibility index (Phi) is 8.37. The average molecular weight is 461 g/mol. The Morgan fingerprint density at radius 3 is 2.03 bits per heavy atom. The largest absolute Gasteiger partial charge is 0.422 e. The molecule has 0 aromatic carbocycles. The SMILES string of the molecule is CC(=O)OC(OC(C)=O)[C@H]1O[C@H](O[C@@]2(CO)O[C@H](CO)[C@@H](O)[C@@H]2O)[C@H](O)[C@@H](O)[C@H]1Cl. The number of aliphatic hydroxyl groups excluding tert-OH is 6. The molecule has 13 nitrogen and oxygen atoms in total. The van der Waals surface area contributed by atoms with Crippen molar-refractivity contribution in [3.8, 4) is 0 Å². The molecule has 0 amide bonds. The lowest BCUT2D eigenvalue weighted by atomic mass is 10.0. The Morgan fingerprint density at radius 1 is 1.03 bits per heavy atom. The highest BCUT2D eigenvalue weighted by atomic mass is 35.5. The van der Waals surface area contributed by atoms with Gasteiger partial charge in [0.25, 0.3) is 6.29 Å². The van der Waals surface area contributed by atoms with E-state index >= 15 is 0 Å². The molecule has 30 heavy (non-hydrogen) atoms. The van der Waals surface area contributed by atoms with Crippen LogP contribution >= 0.6 is 11.6 Å². The first-order chi connectivity index (χ1) is 14.0. The van der Waals surface area contributed by atoms with Crippen molar-refractivity contribution < 1.29 is 63.9 Å². The van der Waals surface area contributed by atoms with Gasteiger partial charge in [-0.15, -0.1) is 11.6 Å². The molecule has 0 saturated carbocycles. The van der Waals surface area contributed by atoms with Crippen molar-refractivity contribution in [3.63, 3.8) is 0 Å². The van der Waals surface area contributed by atoms with E-state index in [2.05, 4.69) is 0 Å². The van der Waals surface area contributed by atoms with E-state index in [9.17, 15) is 40.2 Å². The highest BCUT2D eigenvalue weighted by Gasteiger charge is 2.59. The highest BCUT2D eigenvalue weighted by Crippen LogP contribution is 2.37. The molecule has 0 aromatic heterocycles. The molecule has 0 spiro atoms. The van der Waals surface area contributed by atoms with Gasteiger partial charge in [0.2, 0.25) is 5.79 Å². The van der Waals surface area contributed by atoms with Crippen LogP contribution < -0.4 is 0 Å². The fourth-order valence-corrected chi connectivity index (χ4v) is 3.45. The van der Waals surface area contributed by atoms with Crippen LogP contribution in [0.4, 0.5) is 0 Å². The zero-order valence-corrected chi connectivity index (χ0v) is 16.8. The molecule has 0 aliphatic carbocycles. The van der Waals surface area contributed by atoms with E-state index in [-0.39, 0.29) is 0 Å². The molecular weight excluding hydrogens is 436 g/mol. The number of carbonyl (C=O) groups is 2. The minimum Gasteiger partial charge on any atom is -0.422 e. The minimum absolute atomic E-state index is 0.729. The second-order valence-corrected chi connectivity index (χ2v) is 7.35.